The van der Waals surface area contributed by atoms with E-state index in [1.807, 2.05) is 33.8 Å². The van der Waals surface area contributed by atoms with Crippen LogP contribution in [0.5, 0.6) is 0 Å². The lowest BCUT2D eigenvalue weighted by Crippen LogP contribution is -2.46. The number of carbonyl (C=O) groups is 1. The van der Waals surface area contributed by atoms with E-state index in [2.05, 4.69) is 10.3 Å². The van der Waals surface area contributed by atoms with Gasteiger partial charge in [0.25, 0.3) is 5.91 Å². The Balaban J connectivity index is 0.00000120. The summed E-state index contributed by atoms with van der Waals surface area (Å²) in [7, 11) is 0. The summed E-state index contributed by atoms with van der Waals surface area (Å²) in [5.74, 6) is 0.0992. The molecule has 3 rings (SSSR count). The van der Waals surface area contributed by atoms with E-state index in [1.165, 1.54) is 0 Å². The SMILES string of the molecule is Cl.O=C(c1ccc2nccn2c1)N1CCNCC1. The Labute approximate surface area is 111 Å². The van der Waals surface area contributed by atoms with Gasteiger partial charge in [-0.25, -0.2) is 4.98 Å². The second-order valence-corrected chi connectivity index (χ2v) is 4.15. The van der Waals surface area contributed by atoms with Gasteiger partial charge in [-0.2, -0.15) is 0 Å². The molecule has 0 unspecified atom stereocenters. The van der Waals surface area contributed by atoms with Crippen molar-refractivity contribution in [1.29, 1.82) is 0 Å². The molecule has 2 aromatic rings. The maximum atomic E-state index is 12.2. The Morgan fingerprint density at radius 2 is 2.06 bits per heavy atom. The first-order valence-corrected chi connectivity index (χ1v) is 5.77. The molecule has 1 amide bonds. The fraction of sp³-hybridized carbons (Fsp3) is 0.333. The molecule has 3 heterocycles. The number of piperazine rings is 1. The molecule has 5 nitrogen and oxygen atoms in total. The third kappa shape index (κ3) is 2.32. The average molecular weight is 267 g/mol. The summed E-state index contributed by atoms with van der Waals surface area (Å²) < 4.78 is 1.87. The normalized spacial score (nSPS) is 15.4. The highest BCUT2D eigenvalue weighted by molar-refractivity contribution is 5.94. The van der Waals surface area contributed by atoms with E-state index in [9.17, 15) is 4.79 Å². The van der Waals surface area contributed by atoms with Crippen LogP contribution in [-0.2, 0) is 0 Å². The Bertz CT molecular complexity index is 548. The van der Waals surface area contributed by atoms with E-state index < -0.39 is 0 Å². The number of carbonyl (C=O) groups excluding carboxylic acids is 1. The molecular weight excluding hydrogens is 252 g/mol. The number of imidazole rings is 1. The zero-order valence-corrected chi connectivity index (χ0v) is 10.7. The Morgan fingerprint density at radius 3 is 2.83 bits per heavy atom. The smallest absolute Gasteiger partial charge is 0.255 e. The first-order valence-electron chi connectivity index (χ1n) is 5.77. The van der Waals surface area contributed by atoms with Crippen molar-refractivity contribution in [3.63, 3.8) is 0 Å². The number of nitrogens with one attached hydrogen (secondary N) is 1. The van der Waals surface area contributed by atoms with Crippen molar-refractivity contribution < 1.29 is 4.79 Å². The number of aromatic nitrogens is 2. The maximum Gasteiger partial charge on any atom is 0.255 e. The van der Waals surface area contributed by atoms with Gasteiger partial charge < -0.3 is 14.6 Å². The Kier molecular flexibility index (Phi) is 3.84. The van der Waals surface area contributed by atoms with Crippen molar-refractivity contribution in [2.24, 2.45) is 0 Å². The molecule has 2 aromatic heterocycles. The topological polar surface area (TPSA) is 49.6 Å². The zero-order valence-electron chi connectivity index (χ0n) is 9.87. The molecule has 1 N–H and O–H groups in total. The molecule has 0 spiro atoms. The van der Waals surface area contributed by atoms with E-state index in [4.69, 9.17) is 0 Å². The van der Waals surface area contributed by atoms with Crippen LogP contribution in [0.25, 0.3) is 5.65 Å². The van der Waals surface area contributed by atoms with Crippen LogP contribution in [0.1, 0.15) is 10.4 Å². The lowest BCUT2D eigenvalue weighted by Gasteiger charge is -2.27. The van der Waals surface area contributed by atoms with Crippen LogP contribution in [0.2, 0.25) is 0 Å². The molecule has 1 fully saturated rings. The number of hydrogen-bond donors (Lipinski definition) is 1. The predicted molar refractivity (Wildman–Crippen MR) is 71.2 cm³/mol. The highest BCUT2D eigenvalue weighted by Crippen LogP contribution is 2.08. The van der Waals surface area contributed by atoms with Gasteiger partial charge in [0.2, 0.25) is 0 Å². The Hall–Kier alpha value is -1.59. The summed E-state index contributed by atoms with van der Waals surface area (Å²) in [5, 5.41) is 3.24. The summed E-state index contributed by atoms with van der Waals surface area (Å²) in [6.07, 6.45) is 5.42. The summed E-state index contributed by atoms with van der Waals surface area (Å²) >= 11 is 0. The minimum atomic E-state index is 0. The number of hydrogen-bond acceptors (Lipinski definition) is 3. The zero-order chi connectivity index (χ0) is 11.7. The minimum absolute atomic E-state index is 0. The van der Waals surface area contributed by atoms with E-state index in [-0.39, 0.29) is 18.3 Å². The predicted octanol–water partition coefficient (Wildman–Crippen LogP) is 0.801. The molecule has 1 aliphatic rings. The molecule has 18 heavy (non-hydrogen) atoms. The van der Waals surface area contributed by atoms with Crippen LogP contribution in [0.4, 0.5) is 0 Å². The van der Waals surface area contributed by atoms with Crippen LogP contribution in [-0.4, -0.2) is 46.4 Å². The van der Waals surface area contributed by atoms with Gasteiger partial charge in [-0.15, -0.1) is 12.4 Å². The number of amides is 1. The standard InChI is InChI=1S/C12H14N4O.ClH/c17-12(15-6-3-13-4-7-15)10-1-2-11-14-5-8-16(11)9-10;/h1-2,5,8-9,13H,3-4,6-7H2;1H. The second-order valence-electron chi connectivity index (χ2n) is 4.15. The highest BCUT2D eigenvalue weighted by atomic mass is 35.5. The molecule has 1 saturated heterocycles. The molecule has 0 atom stereocenters. The van der Waals surface area contributed by atoms with Crippen LogP contribution in [0, 0.1) is 0 Å². The molecule has 0 aromatic carbocycles. The van der Waals surface area contributed by atoms with Gasteiger partial charge in [0.15, 0.2) is 0 Å². The van der Waals surface area contributed by atoms with E-state index in [0.717, 1.165) is 37.4 Å². The third-order valence-corrected chi connectivity index (χ3v) is 3.04. The van der Waals surface area contributed by atoms with Crippen LogP contribution in [0.15, 0.2) is 30.7 Å². The second kappa shape index (κ2) is 5.37. The van der Waals surface area contributed by atoms with Gasteiger partial charge in [0.1, 0.15) is 5.65 Å². The van der Waals surface area contributed by atoms with Gasteiger partial charge in [0, 0.05) is 44.8 Å². The number of fused-ring (bicyclic) bond motifs is 1. The highest BCUT2D eigenvalue weighted by Gasteiger charge is 2.18. The maximum absolute atomic E-state index is 12.2. The number of nitrogens with zero attached hydrogens (tertiary/aromatic N) is 3. The molecule has 0 radical (unpaired) electrons. The molecular formula is C12H15ClN4O. The quantitative estimate of drug-likeness (QED) is 0.831. The third-order valence-electron chi connectivity index (χ3n) is 3.04. The van der Waals surface area contributed by atoms with Gasteiger partial charge in [-0.1, -0.05) is 0 Å². The first kappa shape index (κ1) is 12.9. The van der Waals surface area contributed by atoms with Crippen molar-refractivity contribution in [3.05, 3.63) is 36.3 Å². The van der Waals surface area contributed by atoms with Crippen molar-refractivity contribution in [2.75, 3.05) is 26.2 Å². The van der Waals surface area contributed by atoms with E-state index in [0.29, 0.717) is 0 Å². The van der Waals surface area contributed by atoms with E-state index in [1.54, 1.807) is 6.20 Å². The monoisotopic (exact) mass is 266 g/mol. The summed E-state index contributed by atoms with van der Waals surface area (Å²) in [5.41, 5.74) is 1.58. The van der Waals surface area contributed by atoms with Crippen LogP contribution in [0.3, 0.4) is 0 Å². The lowest BCUT2D eigenvalue weighted by atomic mass is 10.2. The first-order chi connectivity index (χ1) is 8.34. The fourth-order valence-corrected chi connectivity index (χ4v) is 2.10. The molecule has 0 saturated carbocycles. The summed E-state index contributed by atoms with van der Waals surface area (Å²) in [6.45, 7) is 3.31. The van der Waals surface area contributed by atoms with Crippen LogP contribution < -0.4 is 5.32 Å². The summed E-state index contributed by atoms with van der Waals surface area (Å²) in [4.78, 5) is 18.3. The number of halogens is 1. The number of rotatable bonds is 1. The molecule has 0 aliphatic carbocycles. The lowest BCUT2D eigenvalue weighted by molar-refractivity contribution is 0.0735. The molecule has 1 aliphatic heterocycles. The fourth-order valence-electron chi connectivity index (χ4n) is 2.10. The average Bonchev–Trinajstić information content (AvgIpc) is 2.86. The summed E-state index contributed by atoms with van der Waals surface area (Å²) in [6, 6.07) is 3.71. The molecule has 96 valence electrons. The van der Waals surface area contributed by atoms with Crippen molar-refractivity contribution in [3.8, 4) is 0 Å². The largest absolute Gasteiger partial charge is 0.336 e. The van der Waals surface area contributed by atoms with Crippen molar-refractivity contribution in [1.82, 2.24) is 19.6 Å². The van der Waals surface area contributed by atoms with E-state index >= 15 is 0 Å². The Morgan fingerprint density at radius 1 is 1.28 bits per heavy atom. The van der Waals surface area contributed by atoms with Crippen molar-refractivity contribution in [2.45, 2.75) is 0 Å². The van der Waals surface area contributed by atoms with Gasteiger partial charge in [-0.05, 0) is 12.1 Å². The molecule has 0 bridgehead atoms. The minimum Gasteiger partial charge on any atom is -0.336 e. The number of pyridine rings is 1. The van der Waals surface area contributed by atoms with Gasteiger partial charge >= 0.3 is 0 Å². The van der Waals surface area contributed by atoms with Gasteiger partial charge in [-0.3, -0.25) is 4.79 Å². The molecule has 6 heteroatoms. The van der Waals surface area contributed by atoms with Crippen molar-refractivity contribution >= 4 is 24.0 Å². The van der Waals surface area contributed by atoms with Crippen LogP contribution >= 0.6 is 12.4 Å². The van der Waals surface area contributed by atoms with Gasteiger partial charge in [0.05, 0.1) is 5.56 Å².